The molecule has 0 amide bonds. The molecule has 0 saturated heterocycles. The maximum absolute atomic E-state index is 11.9. The summed E-state index contributed by atoms with van der Waals surface area (Å²) in [6, 6.07) is 0. The van der Waals surface area contributed by atoms with Crippen LogP contribution in [0.5, 0.6) is 0 Å². The van der Waals surface area contributed by atoms with Crippen molar-refractivity contribution in [3.8, 4) is 0 Å². The number of H-pyrrole nitrogens is 1. The summed E-state index contributed by atoms with van der Waals surface area (Å²) in [5.41, 5.74) is 4.65. The van der Waals surface area contributed by atoms with Crippen LogP contribution in [0.25, 0.3) is 0 Å². The fourth-order valence-electron chi connectivity index (χ4n) is 1.72. The van der Waals surface area contributed by atoms with E-state index in [-0.39, 0.29) is 24.7 Å². The molecule has 9 heteroatoms. The molecule has 0 aliphatic rings. The first-order valence-electron chi connectivity index (χ1n) is 6.69. The van der Waals surface area contributed by atoms with Gasteiger partial charge in [-0.15, -0.1) is 0 Å². The minimum atomic E-state index is -2.53. The molecular formula is C12H20F2N4O3. The van der Waals surface area contributed by atoms with E-state index in [4.69, 9.17) is 5.73 Å². The van der Waals surface area contributed by atoms with Crippen molar-refractivity contribution >= 4 is 11.5 Å². The number of unbranched alkanes of at least 4 members (excludes halogenated alkanes) is 1. The number of nitrogens with two attached hydrogens (primary N) is 1. The molecule has 1 rings (SSSR count). The second kappa shape index (κ2) is 8.40. The van der Waals surface area contributed by atoms with Crippen LogP contribution >= 0.6 is 0 Å². The van der Waals surface area contributed by atoms with Gasteiger partial charge in [0.1, 0.15) is 18.1 Å². The summed E-state index contributed by atoms with van der Waals surface area (Å²) >= 11 is 0. The normalized spacial score (nSPS) is 11.0. The van der Waals surface area contributed by atoms with Crippen molar-refractivity contribution in [2.45, 2.75) is 32.7 Å². The van der Waals surface area contributed by atoms with E-state index >= 15 is 0 Å². The highest BCUT2D eigenvalue weighted by Crippen LogP contribution is 2.10. The molecule has 0 aromatic carbocycles. The first kappa shape index (κ1) is 17.2. The summed E-state index contributed by atoms with van der Waals surface area (Å²) in [7, 11) is 0. The van der Waals surface area contributed by atoms with Crippen molar-refractivity contribution in [3.05, 3.63) is 20.8 Å². The van der Waals surface area contributed by atoms with Crippen LogP contribution in [0.3, 0.4) is 0 Å². The Morgan fingerprint density at radius 3 is 2.76 bits per heavy atom. The van der Waals surface area contributed by atoms with E-state index in [0.29, 0.717) is 6.54 Å². The molecule has 0 unspecified atom stereocenters. The number of aromatic nitrogens is 2. The number of nitrogens with zero attached hydrogens (tertiary/aromatic N) is 1. The van der Waals surface area contributed by atoms with Crippen LogP contribution < -0.4 is 22.3 Å². The molecule has 0 atom stereocenters. The SMILES string of the molecule is CCCCn1c(N)c(NCCOCC(F)F)c(=O)[nH]c1=O. The lowest BCUT2D eigenvalue weighted by Gasteiger charge is -2.13. The minimum Gasteiger partial charge on any atom is -0.383 e. The molecule has 0 aliphatic carbocycles. The predicted octanol–water partition coefficient (Wildman–Crippen LogP) is 0.613. The second-order valence-electron chi connectivity index (χ2n) is 4.42. The number of nitrogen functional groups attached to an aromatic ring is 1. The molecule has 1 heterocycles. The summed E-state index contributed by atoms with van der Waals surface area (Å²) in [5.74, 6) is 0.0334. The highest BCUT2D eigenvalue weighted by atomic mass is 19.3. The molecule has 1 aromatic rings. The van der Waals surface area contributed by atoms with Gasteiger partial charge in [0.2, 0.25) is 0 Å². The van der Waals surface area contributed by atoms with E-state index in [1.54, 1.807) is 0 Å². The van der Waals surface area contributed by atoms with Gasteiger partial charge in [-0.3, -0.25) is 14.3 Å². The molecule has 0 radical (unpaired) electrons. The van der Waals surface area contributed by atoms with Gasteiger partial charge in [0.05, 0.1) is 6.61 Å². The van der Waals surface area contributed by atoms with Crippen molar-refractivity contribution in [2.24, 2.45) is 0 Å². The average molecular weight is 306 g/mol. The first-order valence-corrected chi connectivity index (χ1v) is 6.69. The van der Waals surface area contributed by atoms with Gasteiger partial charge in [0, 0.05) is 13.1 Å². The van der Waals surface area contributed by atoms with Crippen LogP contribution in [-0.2, 0) is 11.3 Å². The van der Waals surface area contributed by atoms with Gasteiger partial charge in [0.15, 0.2) is 0 Å². The van der Waals surface area contributed by atoms with Gasteiger partial charge < -0.3 is 15.8 Å². The number of aromatic amines is 1. The number of alkyl halides is 2. The summed E-state index contributed by atoms with van der Waals surface area (Å²) in [5, 5.41) is 2.70. The monoisotopic (exact) mass is 306 g/mol. The van der Waals surface area contributed by atoms with E-state index in [1.807, 2.05) is 6.92 Å². The van der Waals surface area contributed by atoms with Gasteiger partial charge in [-0.1, -0.05) is 13.3 Å². The maximum Gasteiger partial charge on any atom is 0.330 e. The van der Waals surface area contributed by atoms with Gasteiger partial charge in [-0.05, 0) is 6.42 Å². The number of hydrogen-bond donors (Lipinski definition) is 3. The summed E-state index contributed by atoms with van der Waals surface area (Å²) in [6.07, 6.45) is -0.920. The van der Waals surface area contributed by atoms with Gasteiger partial charge in [0.25, 0.3) is 12.0 Å². The van der Waals surface area contributed by atoms with Crippen LogP contribution in [-0.4, -0.2) is 35.7 Å². The van der Waals surface area contributed by atoms with Gasteiger partial charge in [-0.2, -0.15) is 0 Å². The molecule has 0 saturated carbocycles. The zero-order chi connectivity index (χ0) is 15.8. The Balaban J connectivity index is 2.73. The fourth-order valence-corrected chi connectivity index (χ4v) is 1.72. The molecule has 21 heavy (non-hydrogen) atoms. The molecule has 0 spiro atoms. The quantitative estimate of drug-likeness (QED) is 0.580. The van der Waals surface area contributed by atoms with Crippen molar-refractivity contribution in [3.63, 3.8) is 0 Å². The number of nitrogens with one attached hydrogen (secondary N) is 2. The maximum atomic E-state index is 11.9. The topological polar surface area (TPSA) is 102 Å². The third-order valence-electron chi connectivity index (χ3n) is 2.77. The lowest BCUT2D eigenvalue weighted by atomic mass is 10.3. The third-order valence-corrected chi connectivity index (χ3v) is 2.77. The Morgan fingerprint density at radius 2 is 2.14 bits per heavy atom. The lowest BCUT2D eigenvalue weighted by molar-refractivity contribution is 0.0215. The van der Waals surface area contributed by atoms with Crippen LogP contribution in [0, 0.1) is 0 Å². The summed E-state index contributed by atoms with van der Waals surface area (Å²) < 4.78 is 29.7. The zero-order valence-corrected chi connectivity index (χ0v) is 11.8. The number of anilines is 2. The van der Waals surface area contributed by atoms with Crippen molar-refractivity contribution in [1.29, 1.82) is 0 Å². The van der Waals surface area contributed by atoms with Crippen molar-refractivity contribution in [2.75, 3.05) is 30.8 Å². The number of ether oxygens (including phenoxy) is 1. The number of halogens is 2. The van der Waals surface area contributed by atoms with Gasteiger partial charge >= 0.3 is 5.69 Å². The van der Waals surface area contributed by atoms with E-state index in [9.17, 15) is 18.4 Å². The second-order valence-corrected chi connectivity index (χ2v) is 4.42. The highest BCUT2D eigenvalue weighted by Gasteiger charge is 2.11. The average Bonchev–Trinajstić information content (AvgIpc) is 2.41. The molecule has 0 bridgehead atoms. The van der Waals surface area contributed by atoms with Crippen LogP contribution in [0.2, 0.25) is 0 Å². The highest BCUT2D eigenvalue weighted by molar-refractivity contribution is 5.60. The Hall–Kier alpha value is -1.90. The first-order chi connectivity index (χ1) is 9.97. The summed E-state index contributed by atoms with van der Waals surface area (Å²) in [6.45, 7) is 1.83. The van der Waals surface area contributed by atoms with Crippen LogP contribution in [0.15, 0.2) is 9.59 Å². The largest absolute Gasteiger partial charge is 0.383 e. The lowest BCUT2D eigenvalue weighted by Crippen LogP contribution is -2.34. The van der Waals surface area contributed by atoms with Crippen molar-refractivity contribution in [1.82, 2.24) is 9.55 Å². The molecule has 0 aliphatic heterocycles. The Labute approximate surface area is 120 Å². The van der Waals surface area contributed by atoms with E-state index in [0.717, 1.165) is 12.8 Å². The minimum absolute atomic E-state index is 0.00267. The van der Waals surface area contributed by atoms with Crippen molar-refractivity contribution < 1.29 is 13.5 Å². The van der Waals surface area contributed by atoms with E-state index < -0.39 is 24.3 Å². The van der Waals surface area contributed by atoms with E-state index in [2.05, 4.69) is 15.0 Å². The Bertz CT molecular complexity index is 556. The standard InChI is InChI=1S/C12H20F2N4O3/c1-2-3-5-18-10(15)9(11(19)17-12(18)20)16-4-6-21-7-8(13)14/h8,16H,2-7,15H2,1H3,(H,17,19,20). The molecule has 120 valence electrons. The molecule has 4 N–H and O–H groups in total. The van der Waals surface area contributed by atoms with Gasteiger partial charge in [-0.25, -0.2) is 13.6 Å². The third kappa shape index (κ3) is 5.18. The Kier molecular flexibility index (Phi) is 6.86. The van der Waals surface area contributed by atoms with Crippen LogP contribution in [0.4, 0.5) is 20.3 Å². The number of rotatable bonds is 9. The Morgan fingerprint density at radius 1 is 1.43 bits per heavy atom. The molecule has 1 aromatic heterocycles. The van der Waals surface area contributed by atoms with Crippen LogP contribution in [0.1, 0.15) is 19.8 Å². The molecule has 7 nitrogen and oxygen atoms in total. The zero-order valence-electron chi connectivity index (χ0n) is 11.8. The molecule has 0 fully saturated rings. The summed E-state index contributed by atoms with van der Waals surface area (Å²) in [4.78, 5) is 25.5. The number of hydrogen-bond acceptors (Lipinski definition) is 5. The smallest absolute Gasteiger partial charge is 0.330 e. The van der Waals surface area contributed by atoms with E-state index in [1.165, 1.54) is 4.57 Å². The predicted molar refractivity (Wildman–Crippen MR) is 76.0 cm³/mol. The molecular weight excluding hydrogens is 286 g/mol. The fraction of sp³-hybridized carbons (Fsp3) is 0.667.